The molecule has 6 heteroatoms. The molecule has 4 rings (SSSR count). The van der Waals surface area contributed by atoms with E-state index in [-0.39, 0.29) is 0 Å². The third-order valence-corrected chi connectivity index (χ3v) is 5.14. The fourth-order valence-electron chi connectivity index (χ4n) is 3.07. The predicted molar refractivity (Wildman–Crippen MR) is 91.7 cm³/mol. The lowest BCUT2D eigenvalue weighted by Gasteiger charge is -2.30. The van der Waals surface area contributed by atoms with Crippen LogP contribution in [0.25, 0.3) is 10.2 Å². The van der Waals surface area contributed by atoms with Crippen molar-refractivity contribution in [1.82, 2.24) is 9.97 Å². The van der Waals surface area contributed by atoms with E-state index in [2.05, 4.69) is 32.4 Å². The second-order valence-corrected chi connectivity index (χ2v) is 6.40. The normalized spacial score (nSPS) is 13.9. The Bertz CT molecular complexity index is 862. The minimum absolute atomic E-state index is 0.775. The first-order valence-corrected chi connectivity index (χ1v) is 8.35. The highest BCUT2D eigenvalue weighted by molar-refractivity contribution is 7.17. The van der Waals surface area contributed by atoms with Crippen molar-refractivity contribution in [2.75, 3.05) is 25.7 Å². The number of hydrogen-bond donors (Lipinski definition) is 0. The first kappa shape index (κ1) is 14.3. The zero-order valence-corrected chi connectivity index (χ0v) is 13.9. The van der Waals surface area contributed by atoms with Gasteiger partial charge in [-0.15, -0.1) is 11.3 Å². The number of benzene rings is 1. The molecule has 1 aromatic carbocycles. The van der Waals surface area contributed by atoms with E-state index < -0.39 is 0 Å². The number of aromatic nitrogens is 2. The van der Waals surface area contributed by atoms with Crippen molar-refractivity contribution < 1.29 is 9.47 Å². The van der Waals surface area contributed by atoms with Crippen LogP contribution in [0.2, 0.25) is 0 Å². The van der Waals surface area contributed by atoms with Crippen LogP contribution in [-0.2, 0) is 13.0 Å². The van der Waals surface area contributed by atoms with Crippen LogP contribution in [0.15, 0.2) is 29.9 Å². The quantitative estimate of drug-likeness (QED) is 0.739. The summed E-state index contributed by atoms with van der Waals surface area (Å²) < 4.78 is 12.0. The van der Waals surface area contributed by atoms with Gasteiger partial charge in [0.15, 0.2) is 11.5 Å². The summed E-state index contributed by atoms with van der Waals surface area (Å²) in [6.45, 7) is 1.76. The van der Waals surface area contributed by atoms with Gasteiger partial charge in [-0.2, -0.15) is 0 Å². The van der Waals surface area contributed by atoms with Crippen molar-refractivity contribution in [3.8, 4) is 11.5 Å². The number of thiophene rings is 1. The molecule has 3 aromatic rings. The van der Waals surface area contributed by atoms with E-state index in [0.29, 0.717) is 0 Å². The maximum absolute atomic E-state index is 5.43. The minimum Gasteiger partial charge on any atom is -0.493 e. The summed E-state index contributed by atoms with van der Waals surface area (Å²) in [4.78, 5) is 11.2. The number of methoxy groups -OCH3 is 2. The Hall–Kier alpha value is -2.34. The number of anilines is 1. The molecule has 0 bridgehead atoms. The van der Waals surface area contributed by atoms with Crippen molar-refractivity contribution in [3.05, 3.63) is 41.0 Å². The molecule has 0 radical (unpaired) electrons. The van der Waals surface area contributed by atoms with Gasteiger partial charge in [0, 0.05) is 13.1 Å². The van der Waals surface area contributed by atoms with E-state index in [1.54, 1.807) is 31.9 Å². The fraction of sp³-hybridized carbons (Fsp3) is 0.294. The molecule has 0 spiro atoms. The zero-order chi connectivity index (χ0) is 15.8. The van der Waals surface area contributed by atoms with E-state index in [1.807, 2.05) is 6.07 Å². The third kappa shape index (κ3) is 2.39. The monoisotopic (exact) mass is 327 g/mol. The smallest absolute Gasteiger partial charge is 0.161 e. The van der Waals surface area contributed by atoms with Crippen molar-refractivity contribution >= 4 is 27.4 Å². The molecule has 0 aliphatic carbocycles. The Kier molecular flexibility index (Phi) is 3.53. The highest BCUT2D eigenvalue weighted by Crippen LogP contribution is 2.36. The molecule has 1 aliphatic rings. The largest absolute Gasteiger partial charge is 0.493 e. The molecule has 0 fully saturated rings. The molecule has 0 saturated carbocycles. The Morgan fingerprint density at radius 3 is 2.65 bits per heavy atom. The van der Waals surface area contributed by atoms with Gasteiger partial charge in [0.1, 0.15) is 12.1 Å². The lowest BCUT2D eigenvalue weighted by molar-refractivity contribution is 0.353. The molecular weight excluding hydrogens is 310 g/mol. The molecule has 3 heterocycles. The van der Waals surface area contributed by atoms with Gasteiger partial charge in [0.2, 0.25) is 0 Å². The second-order valence-electron chi connectivity index (χ2n) is 5.48. The van der Waals surface area contributed by atoms with Crippen LogP contribution in [0.1, 0.15) is 11.1 Å². The van der Waals surface area contributed by atoms with Crippen molar-refractivity contribution in [3.63, 3.8) is 0 Å². The van der Waals surface area contributed by atoms with Gasteiger partial charge < -0.3 is 14.4 Å². The van der Waals surface area contributed by atoms with E-state index in [1.165, 1.54) is 11.1 Å². The standard InChI is InChI=1S/C17H17N3O2S/c1-21-14-7-11-3-5-20(9-12(11)8-15(14)22-2)17-16-13(4-6-23-16)18-10-19-17/h4,6-8,10H,3,5,9H2,1-2H3. The molecule has 0 atom stereocenters. The van der Waals surface area contributed by atoms with Crippen LogP contribution < -0.4 is 14.4 Å². The minimum atomic E-state index is 0.775. The predicted octanol–water partition coefficient (Wildman–Crippen LogP) is 3.27. The molecular formula is C17H17N3O2S. The lowest BCUT2D eigenvalue weighted by Crippen LogP contribution is -2.31. The highest BCUT2D eigenvalue weighted by atomic mass is 32.1. The second kappa shape index (κ2) is 5.70. The van der Waals surface area contributed by atoms with Crippen molar-refractivity contribution in [1.29, 1.82) is 0 Å². The summed E-state index contributed by atoms with van der Waals surface area (Å²) in [5.74, 6) is 2.59. The van der Waals surface area contributed by atoms with Gasteiger partial charge >= 0.3 is 0 Å². The van der Waals surface area contributed by atoms with Crippen LogP contribution in [0, 0.1) is 0 Å². The molecule has 0 saturated heterocycles. The lowest BCUT2D eigenvalue weighted by atomic mass is 9.99. The first-order chi connectivity index (χ1) is 11.3. The SMILES string of the molecule is COc1cc2c(cc1OC)CN(c1ncnc3ccsc13)CC2. The maximum Gasteiger partial charge on any atom is 0.161 e. The summed E-state index contributed by atoms with van der Waals surface area (Å²) >= 11 is 1.69. The van der Waals surface area contributed by atoms with E-state index in [0.717, 1.165) is 47.0 Å². The fourth-order valence-corrected chi connectivity index (χ4v) is 3.93. The van der Waals surface area contributed by atoms with Crippen LogP contribution in [-0.4, -0.2) is 30.7 Å². The van der Waals surface area contributed by atoms with Gasteiger partial charge in [-0.25, -0.2) is 9.97 Å². The average molecular weight is 327 g/mol. The maximum atomic E-state index is 5.43. The van der Waals surface area contributed by atoms with Gasteiger partial charge in [-0.05, 0) is 41.1 Å². The molecule has 118 valence electrons. The number of ether oxygens (including phenoxy) is 2. The van der Waals surface area contributed by atoms with Crippen molar-refractivity contribution in [2.45, 2.75) is 13.0 Å². The number of fused-ring (bicyclic) bond motifs is 2. The van der Waals surface area contributed by atoms with Crippen LogP contribution in [0.4, 0.5) is 5.82 Å². The summed E-state index contributed by atoms with van der Waals surface area (Å²) in [6.07, 6.45) is 2.61. The molecule has 5 nitrogen and oxygen atoms in total. The Morgan fingerprint density at radius 1 is 1.09 bits per heavy atom. The van der Waals surface area contributed by atoms with Crippen LogP contribution >= 0.6 is 11.3 Å². The third-order valence-electron chi connectivity index (χ3n) is 4.24. The molecule has 23 heavy (non-hydrogen) atoms. The van der Waals surface area contributed by atoms with Crippen LogP contribution in [0.5, 0.6) is 11.5 Å². The van der Waals surface area contributed by atoms with Gasteiger partial charge in [0.05, 0.1) is 24.4 Å². The number of hydrogen-bond acceptors (Lipinski definition) is 6. The molecule has 0 amide bonds. The van der Waals surface area contributed by atoms with E-state index in [4.69, 9.17) is 9.47 Å². The highest BCUT2D eigenvalue weighted by Gasteiger charge is 2.22. The summed E-state index contributed by atoms with van der Waals surface area (Å²) in [5, 5.41) is 2.06. The molecule has 0 N–H and O–H groups in total. The average Bonchev–Trinajstić information content (AvgIpc) is 3.08. The number of rotatable bonds is 3. The Morgan fingerprint density at radius 2 is 1.87 bits per heavy atom. The van der Waals surface area contributed by atoms with Gasteiger partial charge in [-0.1, -0.05) is 0 Å². The van der Waals surface area contributed by atoms with Crippen molar-refractivity contribution in [2.24, 2.45) is 0 Å². The van der Waals surface area contributed by atoms with E-state index in [9.17, 15) is 0 Å². The molecule has 1 aliphatic heterocycles. The first-order valence-electron chi connectivity index (χ1n) is 7.47. The summed E-state index contributed by atoms with van der Waals surface area (Å²) in [6, 6.07) is 6.20. The summed E-state index contributed by atoms with van der Waals surface area (Å²) in [7, 11) is 3.35. The van der Waals surface area contributed by atoms with E-state index >= 15 is 0 Å². The van der Waals surface area contributed by atoms with Gasteiger partial charge in [0.25, 0.3) is 0 Å². The topological polar surface area (TPSA) is 47.5 Å². The Labute approximate surface area is 138 Å². The molecule has 0 unspecified atom stereocenters. The number of nitrogens with zero attached hydrogens (tertiary/aromatic N) is 3. The molecule has 2 aromatic heterocycles. The van der Waals surface area contributed by atoms with Gasteiger partial charge in [-0.3, -0.25) is 0 Å². The van der Waals surface area contributed by atoms with Crippen LogP contribution in [0.3, 0.4) is 0 Å². The summed E-state index contributed by atoms with van der Waals surface area (Å²) in [5.41, 5.74) is 3.59. The Balaban J connectivity index is 1.72. The zero-order valence-electron chi connectivity index (χ0n) is 13.1.